The molecule has 1 amide bonds. The molecule has 0 spiro atoms. The average molecular weight is 425 g/mol. The van der Waals surface area contributed by atoms with E-state index < -0.39 is 29.1 Å². The second-order valence-corrected chi connectivity index (χ2v) is 8.63. The van der Waals surface area contributed by atoms with Crippen LogP contribution in [0.4, 0.5) is 0 Å². The van der Waals surface area contributed by atoms with Crippen molar-refractivity contribution >= 4 is 45.1 Å². The molecule has 0 bridgehead atoms. The molecule has 0 fully saturated rings. The van der Waals surface area contributed by atoms with Crippen LogP contribution in [0.2, 0.25) is 10.0 Å². The van der Waals surface area contributed by atoms with Gasteiger partial charge in [0.1, 0.15) is 6.54 Å². The molecule has 10 heteroatoms. The summed E-state index contributed by atoms with van der Waals surface area (Å²) in [7, 11) is -3.97. The van der Waals surface area contributed by atoms with E-state index in [9.17, 15) is 18.0 Å². The van der Waals surface area contributed by atoms with Crippen molar-refractivity contribution in [3.05, 3.63) is 28.2 Å². The van der Waals surface area contributed by atoms with Crippen LogP contribution in [-0.2, 0) is 24.3 Å². The average Bonchev–Trinajstić information content (AvgIpc) is 2.52. The number of rotatable bonds is 8. The Bertz CT molecular complexity index is 758. The van der Waals surface area contributed by atoms with Crippen LogP contribution in [0.1, 0.15) is 27.7 Å². The first-order valence-corrected chi connectivity index (χ1v) is 10.1. The first-order valence-electron chi connectivity index (χ1n) is 7.87. The van der Waals surface area contributed by atoms with Crippen LogP contribution in [0.5, 0.6) is 0 Å². The second-order valence-electron chi connectivity index (χ2n) is 6.05. The SMILES string of the molecule is CC(C)N(C(=O)COC(=O)CNS(=O)(=O)c1ccc(Cl)c(Cl)c1)C(C)C. The molecule has 1 aromatic carbocycles. The van der Waals surface area contributed by atoms with Crippen molar-refractivity contribution in [3.63, 3.8) is 0 Å². The molecule has 0 heterocycles. The van der Waals surface area contributed by atoms with Crippen molar-refractivity contribution in [2.75, 3.05) is 13.2 Å². The van der Waals surface area contributed by atoms with Gasteiger partial charge in [-0.15, -0.1) is 0 Å². The fourth-order valence-corrected chi connectivity index (χ4v) is 3.68. The minimum atomic E-state index is -3.97. The van der Waals surface area contributed by atoms with Gasteiger partial charge in [-0.3, -0.25) is 9.59 Å². The third kappa shape index (κ3) is 6.42. The standard InChI is InChI=1S/C16H22Cl2N2O5S/c1-10(2)20(11(3)4)15(21)9-25-16(22)8-19-26(23,24)12-5-6-13(17)14(18)7-12/h5-7,10-11,19H,8-9H2,1-4H3. The summed E-state index contributed by atoms with van der Waals surface area (Å²) in [5.41, 5.74) is 0. The zero-order valence-electron chi connectivity index (χ0n) is 15.0. The molecule has 0 atom stereocenters. The number of esters is 1. The molecule has 0 saturated heterocycles. The second kappa shape index (κ2) is 9.55. The number of nitrogens with one attached hydrogen (secondary N) is 1. The fourth-order valence-electron chi connectivity index (χ4n) is 2.32. The van der Waals surface area contributed by atoms with E-state index in [0.29, 0.717) is 0 Å². The smallest absolute Gasteiger partial charge is 0.321 e. The molecule has 0 aliphatic carbocycles. The van der Waals surface area contributed by atoms with Gasteiger partial charge in [0.2, 0.25) is 10.0 Å². The third-order valence-electron chi connectivity index (χ3n) is 3.37. The van der Waals surface area contributed by atoms with E-state index in [0.717, 1.165) is 0 Å². The number of nitrogens with zero attached hydrogens (tertiary/aromatic N) is 1. The number of hydrogen-bond donors (Lipinski definition) is 1. The zero-order chi connectivity index (χ0) is 20.1. The number of halogens is 2. The number of carbonyl (C=O) groups excluding carboxylic acids is 2. The maximum atomic E-state index is 12.1. The molecule has 0 saturated carbocycles. The molecule has 0 unspecified atom stereocenters. The largest absolute Gasteiger partial charge is 0.455 e. The summed E-state index contributed by atoms with van der Waals surface area (Å²) >= 11 is 11.5. The number of benzene rings is 1. The van der Waals surface area contributed by atoms with Gasteiger partial charge in [0, 0.05) is 12.1 Å². The van der Waals surface area contributed by atoms with E-state index in [1.54, 1.807) is 4.90 Å². The van der Waals surface area contributed by atoms with Crippen LogP contribution in [0, 0.1) is 0 Å². The van der Waals surface area contributed by atoms with Crippen molar-refractivity contribution in [1.29, 1.82) is 0 Å². The van der Waals surface area contributed by atoms with Gasteiger partial charge in [-0.05, 0) is 45.9 Å². The Kier molecular flexibility index (Phi) is 8.33. The van der Waals surface area contributed by atoms with E-state index in [2.05, 4.69) is 4.72 Å². The van der Waals surface area contributed by atoms with Crippen molar-refractivity contribution in [2.24, 2.45) is 0 Å². The predicted octanol–water partition coefficient (Wildman–Crippen LogP) is 2.46. The molecule has 26 heavy (non-hydrogen) atoms. The highest BCUT2D eigenvalue weighted by Crippen LogP contribution is 2.24. The normalized spacial score (nSPS) is 11.7. The number of carbonyl (C=O) groups is 2. The van der Waals surface area contributed by atoms with Gasteiger partial charge in [0.15, 0.2) is 6.61 Å². The molecule has 7 nitrogen and oxygen atoms in total. The molecular formula is C16H22Cl2N2O5S. The number of ether oxygens (including phenoxy) is 1. The van der Waals surface area contributed by atoms with Gasteiger partial charge in [-0.2, -0.15) is 4.72 Å². The summed E-state index contributed by atoms with van der Waals surface area (Å²) in [6, 6.07) is 3.67. The lowest BCUT2D eigenvalue weighted by Crippen LogP contribution is -2.44. The summed E-state index contributed by atoms with van der Waals surface area (Å²) in [5.74, 6) is -1.22. The minimum Gasteiger partial charge on any atom is -0.455 e. The van der Waals surface area contributed by atoms with Gasteiger partial charge in [0.25, 0.3) is 5.91 Å². The summed E-state index contributed by atoms with van der Waals surface area (Å²) < 4.78 is 31.2. The van der Waals surface area contributed by atoms with Crippen LogP contribution in [0.25, 0.3) is 0 Å². The summed E-state index contributed by atoms with van der Waals surface area (Å²) in [6.07, 6.45) is 0. The lowest BCUT2D eigenvalue weighted by atomic mass is 10.2. The number of hydrogen-bond acceptors (Lipinski definition) is 5. The Labute approximate surface area is 163 Å². The highest BCUT2D eigenvalue weighted by Gasteiger charge is 2.22. The van der Waals surface area contributed by atoms with E-state index in [1.807, 2.05) is 27.7 Å². The van der Waals surface area contributed by atoms with Crippen LogP contribution in [0.3, 0.4) is 0 Å². The molecule has 0 aliphatic rings. The van der Waals surface area contributed by atoms with Crippen LogP contribution >= 0.6 is 23.2 Å². The van der Waals surface area contributed by atoms with E-state index in [4.69, 9.17) is 27.9 Å². The highest BCUT2D eigenvalue weighted by molar-refractivity contribution is 7.89. The van der Waals surface area contributed by atoms with Crippen LogP contribution in [-0.4, -0.2) is 50.4 Å². The van der Waals surface area contributed by atoms with E-state index >= 15 is 0 Å². The minimum absolute atomic E-state index is 0.0469. The molecular weight excluding hydrogens is 403 g/mol. The third-order valence-corrected chi connectivity index (χ3v) is 5.50. The predicted molar refractivity (Wildman–Crippen MR) is 99.7 cm³/mol. The maximum Gasteiger partial charge on any atom is 0.321 e. The molecule has 1 N–H and O–H groups in total. The molecule has 0 aromatic heterocycles. The van der Waals surface area contributed by atoms with Gasteiger partial charge in [0.05, 0.1) is 14.9 Å². The van der Waals surface area contributed by atoms with Crippen molar-refractivity contribution in [3.8, 4) is 0 Å². The first-order chi connectivity index (χ1) is 12.0. The van der Waals surface area contributed by atoms with Crippen molar-refractivity contribution in [2.45, 2.75) is 44.7 Å². The van der Waals surface area contributed by atoms with Gasteiger partial charge < -0.3 is 9.64 Å². The molecule has 0 radical (unpaired) electrons. The number of amides is 1. The quantitative estimate of drug-likeness (QED) is 0.646. The Morgan fingerprint density at radius 2 is 1.69 bits per heavy atom. The summed E-state index contributed by atoms with van der Waals surface area (Å²) in [4.78, 5) is 25.3. The fraction of sp³-hybridized carbons (Fsp3) is 0.500. The first kappa shape index (κ1) is 22.7. The van der Waals surface area contributed by atoms with Crippen molar-refractivity contribution in [1.82, 2.24) is 9.62 Å². The highest BCUT2D eigenvalue weighted by atomic mass is 35.5. The Morgan fingerprint density at radius 1 is 1.12 bits per heavy atom. The lowest BCUT2D eigenvalue weighted by molar-refractivity contribution is -0.152. The van der Waals surface area contributed by atoms with E-state index in [1.165, 1.54) is 18.2 Å². The lowest BCUT2D eigenvalue weighted by Gasteiger charge is -2.30. The summed E-state index contributed by atoms with van der Waals surface area (Å²) in [5, 5.41) is 0.286. The van der Waals surface area contributed by atoms with Crippen LogP contribution in [0.15, 0.2) is 23.1 Å². The summed E-state index contributed by atoms with van der Waals surface area (Å²) in [6.45, 7) is 6.34. The molecule has 1 aromatic rings. The molecule has 0 aliphatic heterocycles. The molecule has 1 rings (SSSR count). The van der Waals surface area contributed by atoms with E-state index in [-0.39, 0.29) is 32.9 Å². The van der Waals surface area contributed by atoms with Crippen molar-refractivity contribution < 1.29 is 22.7 Å². The monoisotopic (exact) mass is 424 g/mol. The van der Waals surface area contributed by atoms with Gasteiger partial charge in [-0.1, -0.05) is 23.2 Å². The Morgan fingerprint density at radius 3 is 2.19 bits per heavy atom. The van der Waals surface area contributed by atoms with Gasteiger partial charge >= 0.3 is 5.97 Å². The van der Waals surface area contributed by atoms with Gasteiger partial charge in [-0.25, -0.2) is 8.42 Å². The Hall–Kier alpha value is -1.35. The Balaban J connectivity index is 2.60. The topological polar surface area (TPSA) is 92.8 Å². The molecule has 146 valence electrons. The zero-order valence-corrected chi connectivity index (χ0v) is 17.3. The number of sulfonamides is 1. The maximum absolute atomic E-state index is 12.1. The van der Waals surface area contributed by atoms with Crippen LogP contribution < -0.4 is 4.72 Å².